The van der Waals surface area contributed by atoms with E-state index in [2.05, 4.69) is 49.9 Å². The van der Waals surface area contributed by atoms with Gasteiger partial charge in [-0.1, -0.05) is 20.8 Å². The van der Waals surface area contributed by atoms with E-state index >= 15 is 0 Å². The lowest BCUT2D eigenvalue weighted by molar-refractivity contribution is -0.199. The summed E-state index contributed by atoms with van der Waals surface area (Å²) in [6.45, 7) is 15.6. The van der Waals surface area contributed by atoms with Crippen LogP contribution in [0.4, 0.5) is 5.82 Å². The number of phosphoric ester groups is 2. The van der Waals surface area contributed by atoms with Gasteiger partial charge < -0.3 is 54.6 Å². The molecule has 10 atom stereocenters. The van der Waals surface area contributed by atoms with Crippen LogP contribution in [0.25, 0.3) is 11.2 Å². The van der Waals surface area contributed by atoms with Gasteiger partial charge in [0, 0.05) is 28.0 Å². The van der Waals surface area contributed by atoms with Crippen molar-refractivity contribution in [3.05, 3.63) is 26.2 Å². The van der Waals surface area contributed by atoms with Crippen molar-refractivity contribution in [1.82, 2.24) is 29.4 Å². The number of fused-ring (bicyclic) bond motifs is 3. The van der Waals surface area contributed by atoms with Gasteiger partial charge in [-0.2, -0.15) is 4.31 Å². The Bertz CT molecular complexity index is 2020. The van der Waals surface area contributed by atoms with Crippen molar-refractivity contribution in [2.24, 2.45) is 5.73 Å². The minimum absolute atomic E-state index is 0.0320. The van der Waals surface area contributed by atoms with E-state index in [9.17, 15) is 23.7 Å². The van der Waals surface area contributed by atoms with Crippen LogP contribution >= 0.6 is 49.6 Å². The first kappa shape index (κ1) is 44.7. The van der Waals surface area contributed by atoms with E-state index in [4.69, 9.17) is 48.9 Å². The van der Waals surface area contributed by atoms with E-state index in [0.29, 0.717) is 20.0 Å². The van der Waals surface area contributed by atoms with E-state index in [1.54, 1.807) is 32.3 Å². The molecule has 4 aliphatic heterocycles. The molecular formula is C31H47IN8O14P2S. The molecule has 0 aromatic carbocycles. The number of hydrogen-bond donors (Lipinski definition) is 4. The number of amides is 1. The first-order chi connectivity index (χ1) is 26.6. The molecule has 26 heteroatoms. The zero-order valence-corrected chi connectivity index (χ0v) is 36.9. The number of halogens is 1. The number of carbonyl (C=O) groups excluding carboxylic acids is 1. The molecule has 0 aliphatic carbocycles. The number of thiazole rings is 1. The van der Waals surface area contributed by atoms with Crippen molar-refractivity contribution in [2.75, 3.05) is 38.6 Å². The Labute approximate surface area is 345 Å². The van der Waals surface area contributed by atoms with Crippen LogP contribution in [0, 0.1) is 3.83 Å². The predicted molar refractivity (Wildman–Crippen MR) is 208 cm³/mol. The number of primary amides is 1. The quantitative estimate of drug-likeness (QED) is 0.102. The van der Waals surface area contributed by atoms with Crippen molar-refractivity contribution in [2.45, 2.75) is 109 Å². The number of carbonyl (C=O) groups is 1. The third-order valence-corrected chi connectivity index (χ3v) is 13.3. The van der Waals surface area contributed by atoms with Crippen molar-refractivity contribution < 1.29 is 65.5 Å². The highest BCUT2D eigenvalue weighted by molar-refractivity contribution is 14.1. The van der Waals surface area contributed by atoms with Gasteiger partial charge in [0.2, 0.25) is 0 Å². The molecular weight excluding hydrogens is 929 g/mol. The summed E-state index contributed by atoms with van der Waals surface area (Å²) in [7, 11) is -10.5. The smallest absolute Gasteiger partial charge is 0.382 e. The summed E-state index contributed by atoms with van der Waals surface area (Å²) in [6.07, 6.45) is -5.37. The summed E-state index contributed by atoms with van der Waals surface area (Å²) >= 11 is 3.02. The second-order valence-corrected chi connectivity index (χ2v) is 19.1. The van der Waals surface area contributed by atoms with Crippen LogP contribution < -0.4 is 11.5 Å². The fourth-order valence-electron chi connectivity index (χ4n) is 6.84. The second-order valence-electron chi connectivity index (χ2n) is 14.2. The lowest BCUT2D eigenvalue weighted by atomic mass is 10.1. The molecule has 6 N–H and O–H groups in total. The highest BCUT2D eigenvalue weighted by Gasteiger charge is 2.58. The average molecular weight is 977 g/mol. The molecule has 318 valence electrons. The number of anilines is 1. The lowest BCUT2D eigenvalue weighted by Gasteiger charge is -2.25. The first-order valence-electron chi connectivity index (χ1n) is 18.0. The molecule has 2 unspecified atom stereocenters. The normalized spacial score (nSPS) is 30.8. The molecule has 3 aromatic rings. The third-order valence-electron chi connectivity index (χ3n) is 9.34. The number of ether oxygens (including phenoxy) is 6. The Kier molecular flexibility index (Phi) is 13.5. The molecule has 0 saturated carbocycles. The van der Waals surface area contributed by atoms with E-state index in [-0.39, 0.29) is 11.5 Å². The van der Waals surface area contributed by atoms with Crippen LogP contribution in [-0.4, -0.2) is 126 Å². The molecule has 4 aliphatic rings. The number of nitrogens with zero attached hydrogens (tertiary/aromatic N) is 6. The summed E-state index contributed by atoms with van der Waals surface area (Å²) < 4.78 is 78.6. The Morgan fingerprint density at radius 2 is 1.46 bits per heavy atom. The Hall–Kier alpha value is -1.84. The van der Waals surface area contributed by atoms with E-state index in [0.717, 1.165) is 11.3 Å². The van der Waals surface area contributed by atoms with Crippen LogP contribution in [0.15, 0.2) is 11.7 Å². The van der Waals surface area contributed by atoms with Crippen LogP contribution in [0.5, 0.6) is 0 Å². The van der Waals surface area contributed by atoms with Crippen LogP contribution in [0.1, 0.15) is 76.3 Å². The van der Waals surface area contributed by atoms with Gasteiger partial charge >= 0.3 is 15.6 Å². The SMILES string of the molecule is CC1(C)O[C@@H]2[C@H](O1)[C@@H](COP(=O)(O)OP(=O)(O)OC[C@H]1O[C@@H](c3nc(C(N)=O)cs3)[C@@H]3OC(C)(C)O[C@@H]31)O[C@H]2n1cnc2c(N)nc(I)nc21.CCN(CC)CC. The van der Waals surface area contributed by atoms with Gasteiger partial charge in [-0.3, -0.25) is 18.4 Å². The van der Waals surface area contributed by atoms with Gasteiger partial charge in [-0.15, -0.1) is 11.3 Å². The minimum Gasteiger partial charge on any atom is -0.382 e. The molecule has 0 spiro atoms. The van der Waals surface area contributed by atoms with Gasteiger partial charge in [0.15, 0.2) is 33.1 Å². The Balaban J connectivity index is 0.000000719. The molecule has 7 rings (SSSR count). The van der Waals surface area contributed by atoms with E-state index < -0.39 is 95.3 Å². The summed E-state index contributed by atoms with van der Waals surface area (Å²) in [5, 5.41) is 1.83. The maximum absolute atomic E-state index is 12.9. The molecule has 4 fully saturated rings. The molecule has 22 nitrogen and oxygen atoms in total. The fourth-order valence-corrected chi connectivity index (χ4v) is 10.3. The molecule has 1 amide bonds. The maximum atomic E-state index is 12.9. The van der Waals surface area contributed by atoms with Crippen molar-refractivity contribution in [1.29, 1.82) is 0 Å². The highest BCUT2D eigenvalue weighted by atomic mass is 127. The highest BCUT2D eigenvalue weighted by Crippen LogP contribution is 2.61. The van der Waals surface area contributed by atoms with Crippen LogP contribution in [-0.2, 0) is 50.9 Å². The molecule has 3 aromatic heterocycles. The monoisotopic (exact) mass is 976 g/mol. The zero-order valence-electron chi connectivity index (χ0n) is 32.1. The van der Waals surface area contributed by atoms with E-state index in [1.807, 2.05) is 22.6 Å². The van der Waals surface area contributed by atoms with Crippen molar-refractivity contribution >= 4 is 72.5 Å². The van der Waals surface area contributed by atoms with Crippen LogP contribution in [0.3, 0.4) is 0 Å². The second kappa shape index (κ2) is 17.3. The molecule has 0 bridgehead atoms. The van der Waals surface area contributed by atoms with Crippen LogP contribution in [0.2, 0.25) is 0 Å². The first-order valence-corrected chi connectivity index (χ1v) is 22.9. The average Bonchev–Trinajstić information content (AvgIpc) is 3.95. The molecule has 4 saturated heterocycles. The van der Waals surface area contributed by atoms with Gasteiger partial charge in [-0.05, 0) is 47.3 Å². The fraction of sp³-hybridized carbons (Fsp3) is 0.710. The molecule has 57 heavy (non-hydrogen) atoms. The largest absolute Gasteiger partial charge is 0.481 e. The Morgan fingerprint density at radius 1 is 0.912 bits per heavy atom. The van der Waals surface area contributed by atoms with Gasteiger partial charge in [0.05, 0.1) is 19.5 Å². The maximum Gasteiger partial charge on any atom is 0.481 e. The number of aromatic nitrogens is 5. The summed E-state index contributed by atoms with van der Waals surface area (Å²) in [5.74, 6) is -2.68. The van der Waals surface area contributed by atoms with Crippen molar-refractivity contribution in [3.63, 3.8) is 0 Å². The van der Waals surface area contributed by atoms with Gasteiger partial charge in [-0.25, -0.2) is 29.1 Å². The number of nitrogens with two attached hydrogens (primary N) is 2. The zero-order chi connectivity index (χ0) is 41.7. The number of imidazole rings is 1. The summed E-state index contributed by atoms with van der Waals surface area (Å²) in [6, 6.07) is 0. The standard InChI is InChI=1S/C25H32IN7O14P2S.C6H15N/c1-24(2)43-13-10(41-16(15(13)45-24)21-30-9(7-50-21)19(28)34)5-39-48(35,36)47-49(37,38)40-6-11-14-17(46-25(3,4)44-14)22(42-11)33-8-29-12-18(27)31-23(26)32-20(12)33;1-4-7(5-2)6-3/h7-8,10-11,13-17,22H,5-6H2,1-4H3,(H2,28,34)(H,35,36)(H,37,38)(H2,27,31,32);4-6H2,1-3H3/t10-,11-,13-,14-,15-,16-,17-,22-;/m1./s1. The Morgan fingerprint density at radius 3 is 2.00 bits per heavy atom. The third kappa shape index (κ3) is 10.2. The van der Waals surface area contributed by atoms with E-state index in [1.165, 1.54) is 31.3 Å². The van der Waals surface area contributed by atoms with Crippen molar-refractivity contribution in [3.8, 4) is 0 Å². The molecule has 0 radical (unpaired) electrons. The van der Waals surface area contributed by atoms with Gasteiger partial charge in [0.1, 0.15) is 58.9 Å². The topological polar surface area (TPSA) is 287 Å². The minimum atomic E-state index is -5.26. The summed E-state index contributed by atoms with van der Waals surface area (Å²) in [4.78, 5) is 51.8. The number of rotatable bonds is 14. The van der Waals surface area contributed by atoms with Gasteiger partial charge in [0.25, 0.3) is 5.91 Å². The molecule has 7 heterocycles. The predicted octanol–water partition coefficient (Wildman–Crippen LogP) is 3.24. The number of hydrogen-bond acceptors (Lipinski definition) is 19. The lowest BCUT2D eigenvalue weighted by Crippen LogP contribution is -2.33. The summed E-state index contributed by atoms with van der Waals surface area (Å²) in [5.41, 5.74) is 12.1. The number of nitrogen functional groups attached to an aromatic ring is 1. The number of phosphoric acid groups is 2.